The first-order valence-corrected chi connectivity index (χ1v) is 8.22. The van der Waals surface area contributed by atoms with Gasteiger partial charge in [-0.2, -0.15) is 0 Å². The zero-order chi connectivity index (χ0) is 18.2. The van der Waals surface area contributed by atoms with Crippen LogP contribution in [-0.2, 0) is 4.79 Å². The number of benzene rings is 2. The fourth-order valence-electron chi connectivity index (χ4n) is 1.92. The Hall–Kier alpha value is -2.74. The largest absolute Gasteiger partial charge is 0.497 e. The van der Waals surface area contributed by atoms with Crippen molar-refractivity contribution in [3.05, 3.63) is 53.8 Å². The van der Waals surface area contributed by atoms with Crippen molar-refractivity contribution in [1.82, 2.24) is 10.9 Å². The Balaban J connectivity index is 1.89. The molecule has 0 saturated heterocycles. The number of thioether (sulfide) groups is 1. The molecule has 2 aromatic carbocycles. The van der Waals surface area contributed by atoms with E-state index in [1.54, 1.807) is 30.3 Å². The number of nitrogens with one attached hydrogen (secondary N) is 2. The third-order valence-corrected chi connectivity index (χ3v) is 4.21. The van der Waals surface area contributed by atoms with Gasteiger partial charge in [0.25, 0.3) is 5.91 Å². The Morgan fingerprint density at radius 2 is 1.84 bits per heavy atom. The molecule has 8 heteroatoms. The summed E-state index contributed by atoms with van der Waals surface area (Å²) in [4.78, 5) is 24.3. The lowest BCUT2D eigenvalue weighted by atomic mass is 10.2. The summed E-state index contributed by atoms with van der Waals surface area (Å²) >= 11 is 1.04. The first-order valence-electron chi connectivity index (χ1n) is 7.23. The van der Waals surface area contributed by atoms with Crippen molar-refractivity contribution in [2.45, 2.75) is 4.90 Å². The lowest BCUT2D eigenvalue weighted by Gasteiger charge is -2.11. The zero-order valence-electron chi connectivity index (χ0n) is 13.7. The minimum absolute atomic E-state index is 0.0407. The molecule has 0 unspecified atom stereocenters. The number of halogens is 1. The van der Waals surface area contributed by atoms with Crippen LogP contribution in [0.2, 0.25) is 0 Å². The summed E-state index contributed by atoms with van der Waals surface area (Å²) in [6.07, 6.45) is 0. The second-order valence-electron chi connectivity index (χ2n) is 4.79. The van der Waals surface area contributed by atoms with Crippen LogP contribution in [0, 0.1) is 5.82 Å². The molecule has 0 heterocycles. The summed E-state index contributed by atoms with van der Waals surface area (Å²) < 4.78 is 23.7. The van der Waals surface area contributed by atoms with Crippen molar-refractivity contribution in [2.75, 3.05) is 20.0 Å². The van der Waals surface area contributed by atoms with Crippen molar-refractivity contribution in [1.29, 1.82) is 0 Å². The highest BCUT2D eigenvalue weighted by Gasteiger charge is 2.14. The van der Waals surface area contributed by atoms with E-state index in [0.29, 0.717) is 16.4 Å². The minimum Gasteiger partial charge on any atom is -0.497 e. The highest BCUT2D eigenvalue weighted by Crippen LogP contribution is 2.24. The van der Waals surface area contributed by atoms with Gasteiger partial charge in [0.1, 0.15) is 17.3 Å². The van der Waals surface area contributed by atoms with Crippen molar-refractivity contribution >= 4 is 23.6 Å². The monoisotopic (exact) mass is 364 g/mol. The second-order valence-corrected chi connectivity index (χ2v) is 5.80. The maximum Gasteiger partial charge on any atom is 0.273 e. The average Bonchev–Trinajstić information content (AvgIpc) is 2.64. The molecule has 0 aromatic heterocycles. The summed E-state index contributed by atoms with van der Waals surface area (Å²) in [5.41, 5.74) is 4.82. The third kappa shape index (κ3) is 5.12. The van der Waals surface area contributed by atoms with E-state index in [1.165, 1.54) is 26.4 Å². The summed E-state index contributed by atoms with van der Waals surface area (Å²) in [5.74, 6) is -0.586. The molecule has 25 heavy (non-hydrogen) atoms. The molecule has 0 saturated carbocycles. The van der Waals surface area contributed by atoms with Crippen molar-refractivity contribution in [3.63, 3.8) is 0 Å². The first kappa shape index (κ1) is 18.6. The van der Waals surface area contributed by atoms with Gasteiger partial charge in [0.2, 0.25) is 5.91 Å². The van der Waals surface area contributed by atoms with Crippen LogP contribution in [0.5, 0.6) is 11.5 Å². The Morgan fingerprint density at radius 3 is 2.52 bits per heavy atom. The number of hydrogen-bond acceptors (Lipinski definition) is 5. The van der Waals surface area contributed by atoms with Crippen LogP contribution in [-0.4, -0.2) is 31.8 Å². The van der Waals surface area contributed by atoms with E-state index in [-0.39, 0.29) is 11.3 Å². The predicted molar refractivity (Wildman–Crippen MR) is 92.3 cm³/mol. The van der Waals surface area contributed by atoms with Crippen LogP contribution in [0.15, 0.2) is 47.4 Å². The molecule has 2 aromatic rings. The van der Waals surface area contributed by atoms with Gasteiger partial charge in [-0.1, -0.05) is 12.1 Å². The third-order valence-electron chi connectivity index (χ3n) is 3.16. The molecule has 0 radical (unpaired) electrons. The Labute approximate surface area is 148 Å². The van der Waals surface area contributed by atoms with Gasteiger partial charge in [0.05, 0.1) is 25.5 Å². The van der Waals surface area contributed by atoms with E-state index in [9.17, 15) is 14.0 Å². The van der Waals surface area contributed by atoms with Gasteiger partial charge in [0, 0.05) is 11.0 Å². The van der Waals surface area contributed by atoms with Crippen LogP contribution in [0.25, 0.3) is 0 Å². The summed E-state index contributed by atoms with van der Waals surface area (Å²) in [6.45, 7) is 0. The van der Waals surface area contributed by atoms with E-state index in [1.807, 2.05) is 0 Å². The number of methoxy groups -OCH3 is 2. The number of hydrogen-bond donors (Lipinski definition) is 2. The van der Waals surface area contributed by atoms with E-state index in [4.69, 9.17) is 9.47 Å². The van der Waals surface area contributed by atoms with Crippen LogP contribution in [0.4, 0.5) is 4.39 Å². The topological polar surface area (TPSA) is 76.7 Å². The van der Waals surface area contributed by atoms with E-state index < -0.39 is 17.6 Å². The number of amides is 2. The Morgan fingerprint density at radius 1 is 1.08 bits per heavy atom. The molecule has 0 spiro atoms. The van der Waals surface area contributed by atoms with Crippen LogP contribution >= 0.6 is 11.8 Å². The average molecular weight is 364 g/mol. The molecule has 6 nitrogen and oxygen atoms in total. The minimum atomic E-state index is -0.538. The van der Waals surface area contributed by atoms with Gasteiger partial charge < -0.3 is 9.47 Å². The lowest BCUT2D eigenvalue weighted by Crippen LogP contribution is -2.42. The standard InChI is InChI=1S/C17H17FN2O4S/c1-23-11-7-8-12(14(9-11)24-2)17(22)20-19-16(21)10-25-15-6-4-3-5-13(15)18/h3-9H,10H2,1-2H3,(H,19,21)(H,20,22). The normalized spacial score (nSPS) is 10.0. The van der Waals surface area contributed by atoms with Crippen LogP contribution in [0.3, 0.4) is 0 Å². The second kappa shape index (κ2) is 8.93. The first-order chi connectivity index (χ1) is 12.0. The van der Waals surface area contributed by atoms with E-state index >= 15 is 0 Å². The number of carbonyl (C=O) groups is 2. The smallest absolute Gasteiger partial charge is 0.273 e. The van der Waals surface area contributed by atoms with Gasteiger partial charge in [-0.25, -0.2) is 4.39 Å². The highest BCUT2D eigenvalue weighted by atomic mass is 32.2. The summed E-state index contributed by atoms with van der Waals surface area (Å²) in [6, 6.07) is 10.8. The number of ether oxygens (including phenoxy) is 2. The van der Waals surface area contributed by atoms with Gasteiger partial charge in [-0.05, 0) is 24.3 Å². The Bertz CT molecular complexity index is 770. The molecule has 2 N–H and O–H groups in total. The van der Waals surface area contributed by atoms with Gasteiger partial charge in [-0.3, -0.25) is 20.4 Å². The summed E-state index contributed by atoms with van der Waals surface area (Å²) in [7, 11) is 2.93. The number of rotatable bonds is 6. The zero-order valence-corrected chi connectivity index (χ0v) is 14.5. The van der Waals surface area contributed by atoms with E-state index in [0.717, 1.165) is 11.8 Å². The molecule has 0 bridgehead atoms. The maximum absolute atomic E-state index is 13.5. The van der Waals surface area contributed by atoms with Gasteiger partial charge in [-0.15, -0.1) is 11.8 Å². The highest BCUT2D eigenvalue weighted by molar-refractivity contribution is 8.00. The SMILES string of the molecule is COc1ccc(C(=O)NNC(=O)CSc2ccccc2F)c(OC)c1. The molecule has 132 valence electrons. The molecule has 0 aliphatic carbocycles. The molecule has 0 fully saturated rings. The molecular formula is C17H17FN2O4S. The number of carbonyl (C=O) groups excluding carboxylic acids is 2. The molecule has 0 aliphatic heterocycles. The maximum atomic E-state index is 13.5. The molecule has 2 amide bonds. The van der Waals surface area contributed by atoms with Crippen molar-refractivity contribution < 1.29 is 23.5 Å². The van der Waals surface area contributed by atoms with Gasteiger partial charge in [0.15, 0.2) is 0 Å². The van der Waals surface area contributed by atoms with Crippen LogP contribution in [0.1, 0.15) is 10.4 Å². The number of hydrazine groups is 1. The molecule has 0 aliphatic rings. The predicted octanol–water partition coefficient (Wildman–Crippen LogP) is 2.40. The van der Waals surface area contributed by atoms with Crippen molar-refractivity contribution in [3.8, 4) is 11.5 Å². The fraction of sp³-hybridized carbons (Fsp3) is 0.176. The Kier molecular flexibility index (Phi) is 6.64. The fourth-order valence-corrected chi connectivity index (χ4v) is 2.66. The van der Waals surface area contributed by atoms with Gasteiger partial charge >= 0.3 is 0 Å². The quantitative estimate of drug-likeness (QED) is 0.608. The molecule has 2 rings (SSSR count). The lowest BCUT2D eigenvalue weighted by molar-refractivity contribution is -0.119. The van der Waals surface area contributed by atoms with Crippen molar-refractivity contribution in [2.24, 2.45) is 0 Å². The van der Waals surface area contributed by atoms with E-state index in [2.05, 4.69) is 10.9 Å². The summed E-state index contributed by atoms with van der Waals surface area (Å²) in [5, 5.41) is 0. The molecule has 0 atom stereocenters. The molecular weight excluding hydrogens is 347 g/mol. The van der Waals surface area contributed by atoms with Crippen LogP contribution < -0.4 is 20.3 Å².